The maximum atomic E-state index is 12.4. The minimum Gasteiger partial charge on any atom is -0.466 e. The first-order valence-electron chi connectivity index (χ1n) is 9.31. The van der Waals surface area contributed by atoms with E-state index in [0.717, 1.165) is 19.4 Å². The Morgan fingerprint density at radius 3 is 3.11 bits per heavy atom. The van der Waals surface area contributed by atoms with Crippen LogP contribution in [0.5, 0.6) is 0 Å². The summed E-state index contributed by atoms with van der Waals surface area (Å²) in [5.74, 6) is -0.352. The number of fused-ring (bicyclic) bond motifs is 1. The monoisotopic (exact) mass is 393 g/mol. The molecule has 8 heteroatoms. The molecule has 1 saturated heterocycles. The summed E-state index contributed by atoms with van der Waals surface area (Å²) in [4.78, 5) is 30.3. The van der Waals surface area contributed by atoms with Crippen molar-refractivity contribution in [3.8, 4) is 0 Å². The Kier molecular flexibility index (Phi) is 6.55. The highest BCUT2D eigenvalue weighted by Gasteiger charge is 2.28. The van der Waals surface area contributed by atoms with Gasteiger partial charge in [-0.25, -0.2) is 0 Å². The first kappa shape index (κ1) is 19.5. The molecule has 3 rings (SSSR count). The van der Waals surface area contributed by atoms with Crippen LogP contribution in [0, 0.1) is 5.92 Å². The van der Waals surface area contributed by atoms with E-state index in [9.17, 15) is 9.59 Å². The summed E-state index contributed by atoms with van der Waals surface area (Å²) >= 11 is 6.00. The third-order valence-corrected chi connectivity index (χ3v) is 4.80. The molecule has 2 aromatic rings. The fraction of sp³-hybridized carbons (Fsp3) is 0.526. The van der Waals surface area contributed by atoms with Crippen LogP contribution >= 0.6 is 11.6 Å². The Morgan fingerprint density at radius 2 is 2.30 bits per heavy atom. The van der Waals surface area contributed by atoms with Crippen molar-refractivity contribution < 1.29 is 18.7 Å². The van der Waals surface area contributed by atoms with Gasteiger partial charge in [-0.05, 0) is 44.4 Å². The highest BCUT2D eigenvalue weighted by atomic mass is 35.5. The molecule has 27 heavy (non-hydrogen) atoms. The number of carbonyl (C=O) groups is 2. The number of rotatable bonds is 7. The average molecular weight is 394 g/mol. The summed E-state index contributed by atoms with van der Waals surface area (Å²) in [5.41, 5.74) is 1.39. The van der Waals surface area contributed by atoms with Crippen molar-refractivity contribution in [3.63, 3.8) is 0 Å². The number of nitrogens with one attached hydrogen (secondary N) is 1. The molecule has 1 aliphatic rings. The minimum absolute atomic E-state index is 0.00251. The van der Waals surface area contributed by atoms with E-state index in [1.807, 2.05) is 4.90 Å². The zero-order valence-electron chi connectivity index (χ0n) is 15.4. The lowest BCUT2D eigenvalue weighted by molar-refractivity contribution is -0.143. The highest BCUT2D eigenvalue weighted by molar-refractivity contribution is 6.31. The number of aromatic nitrogens is 1. The van der Waals surface area contributed by atoms with E-state index in [0.29, 0.717) is 54.7 Å². The molecule has 1 fully saturated rings. The molecule has 7 nitrogen and oxygen atoms in total. The predicted octanol–water partition coefficient (Wildman–Crippen LogP) is 3.16. The van der Waals surface area contributed by atoms with Crippen molar-refractivity contribution in [2.45, 2.75) is 32.6 Å². The van der Waals surface area contributed by atoms with Crippen molar-refractivity contribution in [1.82, 2.24) is 10.3 Å². The van der Waals surface area contributed by atoms with E-state index < -0.39 is 0 Å². The fourth-order valence-corrected chi connectivity index (χ4v) is 3.38. The van der Waals surface area contributed by atoms with Crippen molar-refractivity contribution in [3.05, 3.63) is 23.2 Å². The van der Waals surface area contributed by atoms with Gasteiger partial charge < -0.3 is 19.4 Å². The summed E-state index contributed by atoms with van der Waals surface area (Å²) in [6.45, 7) is 3.98. The molecule has 0 radical (unpaired) electrons. The number of piperidine rings is 1. The number of oxazole rings is 1. The van der Waals surface area contributed by atoms with Crippen LogP contribution in [0.3, 0.4) is 0 Å². The standard InChI is InChI=1S/C19H24ClN3O4/c1-2-26-17(24)6-3-9-21-18(25)13-5-4-10-23(12-13)19-22-15-11-14(20)7-8-16(15)27-19/h7-8,11,13H,2-6,9-10,12H2,1H3,(H,21,25). The third-order valence-electron chi connectivity index (χ3n) is 4.56. The van der Waals surface area contributed by atoms with E-state index in [1.54, 1.807) is 25.1 Å². The number of hydrogen-bond acceptors (Lipinski definition) is 6. The van der Waals surface area contributed by atoms with Crippen molar-refractivity contribution in [2.75, 3.05) is 31.1 Å². The van der Waals surface area contributed by atoms with E-state index in [4.69, 9.17) is 20.8 Å². The van der Waals surface area contributed by atoms with Gasteiger partial charge >= 0.3 is 5.97 Å². The Balaban J connectivity index is 1.52. The minimum atomic E-state index is -0.230. The summed E-state index contributed by atoms with van der Waals surface area (Å²) in [6.07, 6.45) is 2.61. The Bertz CT molecular complexity index is 807. The SMILES string of the molecule is CCOC(=O)CCCNC(=O)C1CCCN(c2nc3cc(Cl)ccc3o2)C1. The Labute approximate surface area is 163 Å². The zero-order valence-corrected chi connectivity index (χ0v) is 16.1. The molecule has 1 unspecified atom stereocenters. The number of benzene rings is 1. The zero-order chi connectivity index (χ0) is 19.2. The predicted molar refractivity (Wildman–Crippen MR) is 103 cm³/mol. The second-order valence-electron chi connectivity index (χ2n) is 6.59. The van der Waals surface area contributed by atoms with Crippen LogP contribution in [0.15, 0.2) is 22.6 Å². The first-order chi connectivity index (χ1) is 13.1. The van der Waals surface area contributed by atoms with E-state index in [2.05, 4.69) is 10.3 Å². The molecular formula is C19H24ClN3O4. The molecule has 1 aliphatic heterocycles. The molecule has 1 N–H and O–H groups in total. The van der Waals surface area contributed by atoms with Gasteiger partial charge in [0.2, 0.25) is 5.91 Å². The van der Waals surface area contributed by atoms with E-state index >= 15 is 0 Å². The third kappa shape index (κ3) is 5.13. The molecule has 0 aliphatic carbocycles. The smallest absolute Gasteiger partial charge is 0.305 e. The lowest BCUT2D eigenvalue weighted by Crippen LogP contribution is -2.43. The Hall–Kier alpha value is -2.28. The normalized spacial score (nSPS) is 17.1. The number of anilines is 1. The molecule has 2 heterocycles. The maximum absolute atomic E-state index is 12.4. The van der Waals surface area contributed by atoms with Crippen molar-refractivity contribution in [1.29, 1.82) is 0 Å². The van der Waals surface area contributed by atoms with Crippen molar-refractivity contribution >= 4 is 40.6 Å². The average Bonchev–Trinajstić information content (AvgIpc) is 3.08. The molecule has 1 atom stereocenters. The Morgan fingerprint density at radius 1 is 1.44 bits per heavy atom. The lowest BCUT2D eigenvalue weighted by Gasteiger charge is -2.30. The van der Waals surface area contributed by atoms with Gasteiger partial charge in [-0.3, -0.25) is 9.59 Å². The topological polar surface area (TPSA) is 84.7 Å². The van der Waals surface area contributed by atoms with Gasteiger partial charge in [-0.15, -0.1) is 0 Å². The lowest BCUT2D eigenvalue weighted by atomic mass is 9.97. The fourth-order valence-electron chi connectivity index (χ4n) is 3.21. The van der Waals surface area contributed by atoms with Gasteiger partial charge in [-0.1, -0.05) is 11.6 Å². The first-order valence-corrected chi connectivity index (χ1v) is 9.69. The van der Waals surface area contributed by atoms with Crippen LogP contribution in [0.2, 0.25) is 5.02 Å². The van der Waals surface area contributed by atoms with Crippen LogP contribution in [0.25, 0.3) is 11.1 Å². The van der Waals surface area contributed by atoms with Crippen LogP contribution in [-0.4, -0.2) is 43.1 Å². The number of nitrogens with zero attached hydrogens (tertiary/aromatic N) is 2. The molecule has 1 amide bonds. The number of esters is 1. The molecule has 146 valence electrons. The van der Waals surface area contributed by atoms with Gasteiger partial charge in [0, 0.05) is 31.1 Å². The van der Waals surface area contributed by atoms with Gasteiger partial charge in [0.05, 0.1) is 12.5 Å². The van der Waals surface area contributed by atoms with E-state index in [1.165, 1.54) is 0 Å². The number of halogens is 1. The number of hydrogen-bond donors (Lipinski definition) is 1. The summed E-state index contributed by atoms with van der Waals surface area (Å²) in [7, 11) is 0. The summed E-state index contributed by atoms with van der Waals surface area (Å²) in [5, 5.41) is 3.53. The van der Waals surface area contributed by atoms with Crippen LogP contribution in [-0.2, 0) is 14.3 Å². The number of ether oxygens (including phenoxy) is 1. The second kappa shape index (κ2) is 9.08. The van der Waals surface area contributed by atoms with Crippen LogP contribution in [0.4, 0.5) is 6.01 Å². The molecular weight excluding hydrogens is 370 g/mol. The quantitative estimate of drug-likeness (QED) is 0.574. The van der Waals surface area contributed by atoms with E-state index in [-0.39, 0.29) is 17.8 Å². The molecule has 1 aromatic heterocycles. The summed E-state index contributed by atoms with van der Waals surface area (Å²) < 4.78 is 10.7. The molecule has 0 bridgehead atoms. The maximum Gasteiger partial charge on any atom is 0.305 e. The molecule has 1 aromatic carbocycles. The van der Waals surface area contributed by atoms with Crippen LogP contribution < -0.4 is 10.2 Å². The van der Waals surface area contributed by atoms with Crippen molar-refractivity contribution in [2.24, 2.45) is 5.92 Å². The van der Waals surface area contributed by atoms with Gasteiger partial charge in [0.15, 0.2) is 5.58 Å². The van der Waals surface area contributed by atoms with Gasteiger partial charge in [0.1, 0.15) is 5.52 Å². The number of carbonyl (C=O) groups excluding carboxylic acids is 2. The highest BCUT2D eigenvalue weighted by Crippen LogP contribution is 2.28. The second-order valence-corrected chi connectivity index (χ2v) is 7.03. The van der Waals surface area contributed by atoms with Crippen LogP contribution in [0.1, 0.15) is 32.6 Å². The largest absolute Gasteiger partial charge is 0.466 e. The molecule has 0 saturated carbocycles. The molecule has 0 spiro atoms. The van der Waals surface area contributed by atoms with Gasteiger partial charge in [-0.2, -0.15) is 4.98 Å². The summed E-state index contributed by atoms with van der Waals surface area (Å²) in [6, 6.07) is 5.85. The number of amides is 1. The van der Waals surface area contributed by atoms with Gasteiger partial charge in [0.25, 0.3) is 6.01 Å².